The molecule has 1 saturated heterocycles. The van der Waals surface area contributed by atoms with Crippen molar-refractivity contribution in [1.82, 2.24) is 9.97 Å². The molecule has 1 aromatic carbocycles. The Labute approximate surface area is 259 Å². The number of carboxylic acids is 1. The maximum absolute atomic E-state index is 11.1. The fourth-order valence-corrected chi connectivity index (χ4v) is 4.17. The molecule has 1 aliphatic carbocycles. The number of carbonyl (C=O) groups is 1. The van der Waals surface area contributed by atoms with Gasteiger partial charge in [-0.1, -0.05) is 36.4 Å². The van der Waals surface area contributed by atoms with Gasteiger partial charge >= 0.3 is 74.9 Å². The Bertz CT molecular complexity index is 888. The SMILES string of the molecule is C=C1Cc2ccccc2C1.CSCNc1nc(Cl)ncc1N1CCC[C@H](C(=O)O)C1.[CH3-].[Cs+]. The Balaban J connectivity index is 0.000000360. The summed E-state index contributed by atoms with van der Waals surface area (Å²) in [4.78, 5) is 21.4. The zero-order valence-corrected chi connectivity index (χ0v) is 27.0. The van der Waals surface area contributed by atoms with Crippen molar-refractivity contribution in [2.75, 3.05) is 35.4 Å². The van der Waals surface area contributed by atoms with Crippen LogP contribution in [0.15, 0.2) is 42.6 Å². The molecule has 0 bridgehead atoms. The van der Waals surface area contributed by atoms with Crippen LogP contribution in [0.5, 0.6) is 0 Å². The van der Waals surface area contributed by atoms with Crippen LogP contribution in [-0.2, 0) is 17.6 Å². The number of carboxylic acid groups (broad SMARTS) is 1. The molecule has 2 aromatic rings. The molecule has 2 aliphatic rings. The summed E-state index contributed by atoms with van der Waals surface area (Å²) in [6.07, 6.45) is 7.39. The molecular formula is C23H30ClCsN4O2S. The number of piperidine rings is 1. The third-order valence-corrected chi connectivity index (χ3v) is 5.85. The molecule has 2 N–H and O–H groups in total. The molecule has 1 aliphatic heterocycles. The van der Waals surface area contributed by atoms with Crippen molar-refractivity contribution in [2.24, 2.45) is 5.92 Å². The number of anilines is 2. The van der Waals surface area contributed by atoms with Crippen LogP contribution in [0.3, 0.4) is 0 Å². The molecule has 1 aromatic heterocycles. The fraction of sp³-hybridized carbons (Fsp3) is 0.391. The van der Waals surface area contributed by atoms with Gasteiger partial charge in [-0.3, -0.25) is 4.79 Å². The topological polar surface area (TPSA) is 78.4 Å². The number of nitrogens with one attached hydrogen (secondary N) is 1. The number of thioether (sulfide) groups is 1. The van der Waals surface area contributed by atoms with E-state index in [1.54, 1.807) is 18.0 Å². The molecular weight excluding hydrogens is 565 g/mol. The van der Waals surface area contributed by atoms with E-state index in [0.29, 0.717) is 24.7 Å². The summed E-state index contributed by atoms with van der Waals surface area (Å²) in [6.45, 7) is 5.26. The van der Waals surface area contributed by atoms with Crippen LogP contribution < -0.4 is 79.1 Å². The van der Waals surface area contributed by atoms with E-state index in [1.165, 1.54) is 16.7 Å². The second-order valence-electron chi connectivity index (χ2n) is 7.48. The van der Waals surface area contributed by atoms with Crippen molar-refractivity contribution in [3.05, 3.63) is 66.5 Å². The molecule has 32 heavy (non-hydrogen) atoms. The fourth-order valence-electron chi connectivity index (χ4n) is 3.76. The van der Waals surface area contributed by atoms with Crippen LogP contribution in [0.25, 0.3) is 0 Å². The van der Waals surface area contributed by atoms with Crippen LogP contribution in [0, 0.1) is 13.3 Å². The molecule has 168 valence electrons. The average Bonchev–Trinajstić information content (AvgIpc) is 3.13. The van der Waals surface area contributed by atoms with Crippen LogP contribution in [-0.4, -0.2) is 46.3 Å². The molecule has 2 heterocycles. The normalized spacial score (nSPS) is 16.6. The third kappa shape index (κ3) is 8.54. The van der Waals surface area contributed by atoms with Gasteiger partial charge in [-0.2, -0.15) is 4.98 Å². The second kappa shape index (κ2) is 14.9. The predicted octanol–water partition coefficient (Wildman–Crippen LogP) is 1.96. The minimum Gasteiger partial charge on any atom is -0.481 e. The minimum absolute atomic E-state index is 0. The number of allylic oxidation sites excluding steroid dienone is 1. The number of benzene rings is 1. The molecule has 6 nitrogen and oxygen atoms in total. The summed E-state index contributed by atoms with van der Waals surface area (Å²) in [5, 5.41) is 12.5. The van der Waals surface area contributed by atoms with E-state index in [4.69, 9.17) is 16.7 Å². The first kappa shape index (κ1) is 29.8. The van der Waals surface area contributed by atoms with Gasteiger partial charge in [0.15, 0.2) is 5.82 Å². The smallest absolute Gasteiger partial charge is 0.481 e. The quantitative estimate of drug-likeness (QED) is 0.237. The molecule has 9 heteroatoms. The number of hydrogen-bond acceptors (Lipinski definition) is 6. The Morgan fingerprint density at radius 1 is 1.34 bits per heavy atom. The molecule has 1 fully saturated rings. The van der Waals surface area contributed by atoms with Gasteiger partial charge < -0.3 is 22.7 Å². The van der Waals surface area contributed by atoms with Crippen LogP contribution in [0.4, 0.5) is 11.5 Å². The number of aliphatic carboxylic acids is 1. The summed E-state index contributed by atoms with van der Waals surface area (Å²) in [7, 11) is 0. The summed E-state index contributed by atoms with van der Waals surface area (Å²) in [5.41, 5.74) is 5.09. The second-order valence-corrected chi connectivity index (χ2v) is 8.68. The van der Waals surface area contributed by atoms with Crippen LogP contribution in [0.2, 0.25) is 5.28 Å². The number of aromatic nitrogens is 2. The monoisotopic (exact) mass is 594 g/mol. The van der Waals surface area contributed by atoms with Gasteiger partial charge in [0.2, 0.25) is 5.28 Å². The van der Waals surface area contributed by atoms with E-state index in [0.717, 1.165) is 31.5 Å². The summed E-state index contributed by atoms with van der Waals surface area (Å²) in [6, 6.07) is 8.57. The van der Waals surface area contributed by atoms with Crippen molar-refractivity contribution in [3.8, 4) is 0 Å². The Morgan fingerprint density at radius 2 is 2.00 bits per heavy atom. The molecule has 0 saturated carbocycles. The third-order valence-electron chi connectivity index (χ3n) is 5.23. The Kier molecular flexibility index (Phi) is 13.9. The van der Waals surface area contributed by atoms with Crippen molar-refractivity contribution in [3.63, 3.8) is 0 Å². The van der Waals surface area contributed by atoms with Crippen molar-refractivity contribution >= 4 is 40.8 Å². The molecule has 0 amide bonds. The summed E-state index contributed by atoms with van der Waals surface area (Å²) in [5.74, 6) is 0.276. The first-order valence-electron chi connectivity index (χ1n) is 9.94. The predicted molar refractivity (Wildman–Crippen MR) is 131 cm³/mol. The molecule has 0 spiro atoms. The molecule has 4 rings (SSSR count). The van der Waals surface area contributed by atoms with E-state index in [9.17, 15) is 4.79 Å². The molecule has 0 unspecified atom stereocenters. The van der Waals surface area contributed by atoms with Crippen LogP contribution >= 0.6 is 23.4 Å². The van der Waals surface area contributed by atoms with Gasteiger partial charge in [0.1, 0.15) is 0 Å². The summed E-state index contributed by atoms with van der Waals surface area (Å²) < 4.78 is 0. The Hall–Kier alpha value is -0.198. The number of rotatable bonds is 5. The zero-order chi connectivity index (χ0) is 21.5. The standard InChI is InChI=1S/C12H17ClN4O2S.C10H10.CH3.Cs/c1-20-7-15-10-9(5-14-12(13)16-10)17-4-2-3-8(6-17)11(18)19;1-8-6-9-4-2-3-5-10(9)7-8;;/h5,8H,2-4,6-7H2,1H3,(H,18,19)(H,14,15,16);2-5H,1,6-7H2;1H3;/q;;-1;+1/t8-;;;/m0.../s1. The van der Waals surface area contributed by atoms with Gasteiger partial charge in [-0.05, 0) is 54.7 Å². The van der Waals surface area contributed by atoms with E-state index in [2.05, 4.69) is 46.1 Å². The van der Waals surface area contributed by atoms with Gasteiger partial charge in [0.25, 0.3) is 0 Å². The zero-order valence-electron chi connectivity index (χ0n) is 19.1. The molecule has 1 atom stereocenters. The van der Waals surface area contributed by atoms with Crippen molar-refractivity contribution < 1.29 is 78.8 Å². The largest absolute Gasteiger partial charge is 1.00 e. The average molecular weight is 595 g/mol. The number of fused-ring (bicyclic) bond motifs is 1. The van der Waals surface area contributed by atoms with Gasteiger partial charge in [-0.25, -0.2) is 4.98 Å². The van der Waals surface area contributed by atoms with E-state index in [-0.39, 0.29) is 87.5 Å². The number of hydrogen-bond donors (Lipinski definition) is 2. The maximum Gasteiger partial charge on any atom is 1.00 e. The number of halogens is 1. The van der Waals surface area contributed by atoms with Gasteiger partial charge in [-0.15, -0.1) is 11.8 Å². The number of nitrogens with zero attached hydrogens (tertiary/aromatic N) is 3. The first-order valence-corrected chi connectivity index (χ1v) is 11.7. The van der Waals surface area contributed by atoms with Gasteiger partial charge in [0.05, 0.1) is 23.7 Å². The van der Waals surface area contributed by atoms with Crippen molar-refractivity contribution in [1.29, 1.82) is 0 Å². The Morgan fingerprint density at radius 3 is 2.59 bits per heavy atom. The van der Waals surface area contributed by atoms with E-state index < -0.39 is 5.97 Å². The minimum atomic E-state index is -0.747. The van der Waals surface area contributed by atoms with E-state index in [1.807, 2.05) is 11.2 Å². The molecule has 0 radical (unpaired) electrons. The maximum atomic E-state index is 11.1. The summed E-state index contributed by atoms with van der Waals surface area (Å²) >= 11 is 7.47. The van der Waals surface area contributed by atoms with Crippen LogP contribution in [0.1, 0.15) is 24.0 Å². The van der Waals surface area contributed by atoms with Crippen molar-refractivity contribution in [2.45, 2.75) is 25.7 Å². The van der Waals surface area contributed by atoms with Gasteiger partial charge in [0, 0.05) is 13.1 Å². The first-order chi connectivity index (χ1) is 14.5. The van der Waals surface area contributed by atoms with E-state index >= 15 is 0 Å².